The number of nitrogens with zero attached hydrogens (tertiary/aromatic N) is 2. The van der Waals surface area contributed by atoms with Crippen molar-refractivity contribution in [1.82, 2.24) is 9.80 Å². The summed E-state index contributed by atoms with van der Waals surface area (Å²) in [7, 11) is 0. The van der Waals surface area contributed by atoms with Crippen LogP contribution in [0.2, 0.25) is 0 Å². The first-order chi connectivity index (χ1) is 24.6. The third-order valence-corrected chi connectivity index (χ3v) is 12.0. The van der Waals surface area contributed by atoms with Crippen molar-refractivity contribution in [3.05, 3.63) is 131 Å². The van der Waals surface area contributed by atoms with Crippen LogP contribution in [0, 0.1) is 5.41 Å². The molecule has 4 aromatic rings. The summed E-state index contributed by atoms with van der Waals surface area (Å²) in [5.74, 6) is 0.177. The molecule has 51 heavy (non-hydrogen) atoms. The van der Waals surface area contributed by atoms with E-state index in [0.717, 1.165) is 47.9 Å². The predicted molar refractivity (Wildman–Crippen MR) is 200 cm³/mol. The van der Waals surface area contributed by atoms with Gasteiger partial charge in [0.05, 0.1) is 18.0 Å². The lowest BCUT2D eigenvalue weighted by atomic mass is 9.64. The van der Waals surface area contributed by atoms with Crippen molar-refractivity contribution >= 4 is 11.7 Å². The zero-order valence-corrected chi connectivity index (χ0v) is 29.9. The van der Waals surface area contributed by atoms with Crippen LogP contribution in [0.5, 0.6) is 0 Å². The minimum absolute atomic E-state index is 0.0289. The van der Waals surface area contributed by atoms with E-state index in [0.29, 0.717) is 68.9 Å². The number of hydrogen-bond donors (Lipinski definition) is 2. The van der Waals surface area contributed by atoms with Crippen molar-refractivity contribution in [2.75, 3.05) is 32.7 Å². The maximum Gasteiger partial charge on any atom is 0.289 e. The fraction of sp³-hybridized carbons (Fsp3) is 0.409. The summed E-state index contributed by atoms with van der Waals surface area (Å²) in [6.07, 6.45) is 8.20. The Kier molecular flexibility index (Phi) is 10.2. The van der Waals surface area contributed by atoms with Crippen molar-refractivity contribution in [1.29, 1.82) is 0 Å². The van der Waals surface area contributed by atoms with E-state index in [1.165, 1.54) is 11.8 Å². The number of ketones is 1. The Morgan fingerprint density at radius 2 is 1.65 bits per heavy atom. The van der Waals surface area contributed by atoms with Crippen molar-refractivity contribution in [3.8, 4) is 11.1 Å². The molecule has 1 saturated carbocycles. The number of amides is 1. The molecule has 2 heterocycles. The van der Waals surface area contributed by atoms with Gasteiger partial charge >= 0.3 is 0 Å². The minimum atomic E-state index is -0.999. The van der Waals surface area contributed by atoms with Gasteiger partial charge in [0, 0.05) is 49.3 Å². The topological polar surface area (TPSA) is 94.2 Å². The molecular formula is C44H50N2O5. The number of aliphatic hydroxyl groups is 2. The van der Waals surface area contributed by atoms with Crippen LogP contribution >= 0.6 is 0 Å². The Morgan fingerprint density at radius 1 is 0.882 bits per heavy atom. The van der Waals surface area contributed by atoms with E-state index in [4.69, 9.17) is 4.42 Å². The summed E-state index contributed by atoms with van der Waals surface area (Å²) in [6, 6.07) is 27.5. The van der Waals surface area contributed by atoms with Gasteiger partial charge < -0.3 is 19.5 Å². The molecule has 1 saturated heterocycles. The lowest BCUT2D eigenvalue weighted by Gasteiger charge is -2.47. The van der Waals surface area contributed by atoms with Gasteiger partial charge in [-0.25, -0.2) is 0 Å². The van der Waals surface area contributed by atoms with E-state index < -0.39 is 17.1 Å². The molecule has 4 aliphatic rings. The van der Waals surface area contributed by atoms with Crippen LogP contribution in [0.4, 0.5) is 0 Å². The van der Waals surface area contributed by atoms with Gasteiger partial charge in [0.1, 0.15) is 0 Å². The Bertz CT molecular complexity index is 1880. The number of aliphatic hydroxyl groups excluding tert-OH is 1. The summed E-state index contributed by atoms with van der Waals surface area (Å²) >= 11 is 0. The van der Waals surface area contributed by atoms with Gasteiger partial charge in [-0.1, -0.05) is 85.3 Å². The maximum absolute atomic E-state index is 14.9. The van der Waals surface area contributed by atoms with E-state index in [1.54, 1.807) is 12.1 Å². The van der Waals surface area contributed by atoms with Gasteiger partial charge in [-0.3, -0.25) is 14.5 Å². The Labute approximate surface area is 301 Å². The average Bonchev–Trinajstić information content (AvgIpc) is 3.77. The minimum Gasteiger partial charge on any atom is -0.459 e. The highest BCUT2D eigenvalue weighted by atomic mass is 16.3. The van der Waals surface area contributed by atoms with Crippen molar-refractivity contribution in [2.24, 2.45) is 5.41 Å². The molecule has 2 fully saturated rings. The largest absolute Gasteiger partial charge is 0.459 e. The SMILES string of the molecule is CC1=CCCC2(C)C(CCC2(O)CN2CCN(C(=O)c3ccco3)CC2)c2ccc(cc2C(=O)c2ccccc2-c2ccccc2)CC(O)CC1. The highest BCUT2D eigenvalue weighted by Gasteiger charge is 2.57. The summed E-state index contributed by atoms with van der Waals surface area (Å²) in [6.45, 7) is 7.37. The number of fused-ring (bicyclic) bond motifs is 8. The van der Waals surface area contributed by atoms with Gasteiger partial charge in [0.15, 0.2) is 11.5 Å². The molecule has 1 aromatic heterocycles. The summed E-state index contributed by atoms with van der Waals surface area (Å²) in [5.41, 5.74) is 4.86. The highest BCUT2D eigenvalue weighted by molar-refractivity contribution is 6.13. The Hall–Kier alpha value is -4.30. The van der Waals surface area contributed by atoms with E-state index >= 15 is 0 Å². The third kappa shape index (κ3) is 7.12. The van der Waals surface area contributed by atoms with Gasteiger partial charge in [0.2, 0.25) is 0 Å². The molecular weight excluding hydrogens is 636 g/mol. The molecule has 4 atom stereocenters. The number of piperazine rings is 1. The molecule has 1 amide bonds. The molecule has 4 unspecified atom stereocenters. The van der Waals surface area contributed by atoms with Gasteiger partial charge in [0.25, 0.3) is 5.91 Å². The first-order valence-corrected chi connectivity index (χ1v) is 18.6. The standard InChI is InChI=1S/C44H50N2O5/c1-31-10-8-21-43(2)39(20-22-44(43,50)30-45-23-25-46(26-24-45)42(49)40-15-9-27-51-40)36-19-17-32(28-34(47)18-16-31)29-38(36)41(48)37-14-7-6-13-35(37)33-11-4-3-5-12-33/h3-7,9-15,17,19,27,29,34,39,47,50H,8,16,18,20-26,28,30H2,1-2H3. The number of rotatable bonds is 6. The fourth-order valence-corrected chi connectivity index (χ4v) is 8.93. The van der Waals surface area contributed by atoms with Crippen molar-refractivity contribution < 1.29 is 24.2 Å². The van der Waals surface area contributed by atoms with Crippen LogP contribution in [0.15, 0.2) is 107 Å². The fourth-order valence-electron chi connectivity index (χ4n) is 8.93. The van der Waals surface area contributed by atoms with Crippen LogP contribution in [-0.4, -0.2) is 76.1 Å². The number of benzene rings is 3. The molecule has 3 aliphatic carbocycles. The quantitative estimate of drug-likeness (QED) is 0.160. The Balaban J connectivity index is 1.24. The zero-order chi connectivity index (χ0) is 35.6. The zero-order valence-electron chi connectivity index (χ0n) is 29.9. The normalized spacial score (nSPS) is 26.0. The lowest BCUT2D eigenvalue weighted by Crippen LogP contribution is -2.57. The van der Waals surface area contributed by atoms with Crippen LogP contribution in [0.3, 0.4) is 0 Å². The summed E-state index contributed by atoms with van der Waals surface area (Å²) in [5, 5.41) is 23.9. The highest BCUT2D eigenvalue weighted by Crippen LogP contribution is 2.59. The second-order valence-electron chi connectivity index (χ2n) is 15.2. The molecule has 7 heteroatoms. The third-order valence-electron chi connectivity index (χ3n) is 12.0. The number of carbonyl (C=O) groups is 2. The van der Waals surface area contributed by atoms with E-state index in [-0.39, 0.29) is 17.6 Å². The monoisotopic (exact) mass is 686 g/mol. The van der Waals surface area contributed by atoms with Gasteiger partial charge in [-0.2, -0.15) is 0 Å². The van der Waals surface area contributed by atoms with E-state index in [2.05, 4.69) is 37.0 Å². The molecule has 0 radical (unpaired) electrons. The van der Waals surface area contributed by atoms with E-state index in [1.807, 2.05) is 65.6 Å². The van der Waals surface area contributed by atoms with Gasteiger partial charge in [-0.05, 0) is 98.2 Å². The summed E-state index contributed by atoms with van der Waals surface area (Å²) < 4.78 is 5.36. The summed E-state index contributed by atoms with van der Waals surface area (Å²) in [4.78, 5) is 32.0. The number of hydrogen-bond acceptors (Lipinski definition) is 6. The number of allylic oxidation sites excluding steroid dienone is 2. The number of furan rings is 1. The molecule has 8 rings (SSSR count). The molecule has 7 nitrogen and oxygen atoms in total. The molecule has 2 bridgehead atoms. The van der Waals surface area contributed by atoms with E-state index in [9.17, 15) is 19.8 Å². The lowest BCUT2D eigenvalue weighted by molar-refractivity contribution is -0.0876. The molecule has 3 aromatic carbocycles. The number of carbonyl (C=O) groups excluding carboxylic acids is 2. The molecule has 2 N–H and O–H groups in total. The van der Waals surface area contributed by atoms with Crippen LogP contribution in [0.25, 0.3) is 11.1 Å². The van der Waals surface area contributed by atoms with Crippen LogP contribution in [0.1, 0.15) is 95.9 Å². The molecule has 1 aliphatic heterocycles. The first kappa shape index (κ1) is 35.1. The average molecular weight is 687 g/mol. The van der Waals surface area contributed by atoms with Crippen molar-refractivity contribution in [2.45, 2.75) is 76.4 Å². The van der Waals surface area contributed by atoms with Crippen LogP contribution in [-0.2, 0) is 6.42 Å². The molecule has 266 valence electrons. The second kappa shape index (κ2) is 14.7. The van der Waals surface area contributed by atoms with Crippen molar-refractivity contribution in [3.63, 3.8) is 0 Å². The number of β-amino-alcohol motifs (C(OH)–C–C–N with tert-alkyl or cyclic N) is 1. The second-order valence-corrected chi connectivity index (χ2v) is 15.2. The van der Waals surface area contributed by atoms with Gasteiger partial charge in [-0.15, -0.1) is 0 Å². The van der Waals surface area contributed by atoms with Crippen LogP contribution < -0.4 is 0 Å². The predicted octanol–water partition coefficient (Wildman–Crippen LogP) is 7.67. The maximum atomic E-state index is 14.9. The smallest absolute Gasteiger partial charge is 0.289 e. The Morgan fingerprint density at radius 3 is 2.41 bits per heavy atom. The molecule has 0 spiro atoms. The first-order valence-electron chi connectivity index (χ1n) is 18.6.